The second kappa shape index (κ2) is 10.9. The lowest BCUT2D eigenvalue weighted by Crippen LogP contribution is -2.53. The van der Waals surface area contributed by atoms with Crippen molar-refractivity contribution >= 4 is 18.0 Å². The van der Waals surface area contributed by atoms with E-state index in [1.807, 2.05) is 36.4 Å². The van der Waals surface area contributed by atoms with Crippen LogP contribution in [0, 0.1) is 0 Å². The van der Waals surface area contributed by atoms with Gasteiger partial charge >= 0.3 is 12.1 Å². The second-order valence-corrected chi connectivity index (χ2v) is 8.09. The zero-order valence-corrected chi connectivity index (χ0v) is 18.9. The first kappa shape index (κ1) is 24.2. The molecular formula is C24H29N3O6. The van der Waals surface area contributed by atoms with Crippen LogP contribution in [-0.4, -0.2) is 81.0 Å². The maximum absolute atomic E-state index is 12.6. The largest absolute Gasteiger partial charge is 0.479 e. The summed E-state index contributed by atoms with van der Waals surface area (Å²) in [6, 6.07) is 15.1. The van der Waals surface area contributed by atoms with Gasteiger partial charge in [0.15, 0.2) is 6.10 Å². The average molecular weight is 456 g/mol. The predicted molar refractivity (Wildman–Crippen MR) is 122 cm³/mol. The van der Waals surface area contributed by atoms with Crippen molar-refractivity contribution in [2.24, 2.45) is 0 Å². The molecule has 33 heavy (non-hydrogen) atoms. The van der Waals surface area contributed by atoms with Gasteiger partial charge in [-0.3, -0.25) is 4.79 Å². The third-order valence-corrected chi connectivity index (χ3v) is 5.52. The van der Waals surface area contributed by atoms with Gasteiger partial charge in [-0.05, 0) is 36.3 Å². The maximum atomic E-state index is 12.6. The van der Waals surface area contributed by atoms with E-state index in [0.29, 0.717) is 0 Å². The highest BCUT2D eigenvalue weighted by Crippen LogP contribution is 2.44. The van der Waals surface area contributed by atoms with E-state index in [1.165, 1.54) is 7.11 Å². The summed E-state index contributed by atoms with van der Waals surface area (Å²) in [5.41, 5.74) is 4.43. The Morgan fingerprint density at radius 3 is 2.12 bits per heavy atom. The van der Waals surface area contributed by atoms with Gasteiger partial charge in [-0.2, -0.15) is 0 Å². The number of ether oxygens (including phenoxy) is 2. The van der Waals surface area contributed by atoms with Crippen LogP contribution in [-0.2, 0) is 19.1 Å². The number of hydrogen-bond acceptors (Lipinski definition) is 6. The summed E-state index contributed by atoms with van der Waals surface area (Å²) in [6.07, 6.45) is -1.90. The van der Waals surface area contributed by atoms with Gasteiger partial charge in [-0.1, -0.05) is 48.5 Å². The first-order valence-corrected chi connectivity index (χ1v) is 10.6. The van der Waals surface area contributed by atoms with Crippen molar-refractivity contribution in [3.05, 3.63) is 59.7 Å². The molecule has 0 bridgehead atoms. The fraction of sp³-hybridized carbons (Fsp3) is 0.375. The first-order chi connectivity index (χ1) is 15.8. The average Bonchev–Trinajstić information content (AvgIpc) is 3.11. The highest BCUT2D eigenvalue weighted by Gasteiger charge is 2.30. The fourth-order valence-electron chi connectivity index (χ4n) is 3.93. The SMILES string of the molecule is COC(CNC(=O)[C@H](CN(C)C)NC(=O)OCC1c2ccccc2-c2ccccc21)C(=O)O. The van der Waals surface area contributed by atoms with Gasteiger partial charge in [-0.25, -0.2) is 9.59 Å². The van der Waals surface area contributed by atoms with Crippen molar-refractivity contribution in [2.45, 2.75) is 18.1 Å². The summed E-state index contributed by atoms with van der Waals surface area (Å²) in [7, 11) is 4.76. The molecule has 0 aliphatic heterocycles. The van der Waals surface area contributed by atoms with Crippen LogP contribution in [0.2, 0.25) is 0 Å². The Balaban J connectivity index is 1.63. The molecule has 9 heteroatoms. The number of methoxy groups -OCH3 is 1. The van der Waals surface area contributed by atoms with E-state index in [1.54, 1.807) is 19.0 Å². The van der Waals surface area contributed by atoms with E-state index in [-0.39, 0.29) is 25.6 Å². The zero-order valence-electron chi connectivity index (χ0n) is 18.9. The minimum absolute atomic E-state index is 0.0951. The first-order valence-electron chi connectivity index (χ1n) is 10.6. The van der Waals surface area contributed by atoms with Crippen molar-refractivity contribution in [1.82, 2.24) is 15.5 Å². The number of rotatable bonds is 10. The molecule has 2 atom stereocenters. The Morgan fingerprint density at radius 1 is 1.03 bits per heavy atom. The Hall–Kier alpha value is -3.43. The normalized spacial score (nSPS) is 14.2. The minimum Gasteiger partial charge on any atom is -0.479 e. The van der Waals surface area contributed by atoms with Crippen LogP contribution < -0.4 is 10.6 Å². The number of hydrogen-bond donors (Lipinski definition) is 3. The van der Waals surface area contributed by atoms with Crippen molar-refractivity contribution < 1.29 is 29.0 Å². The van der Waals surface area contributed by atoms with Crippen molar-refractivity contribution in [2.75, 3.05) is 40.9 Å². The fourth-order valence-corrected chi connectivity index (χ4v) is 3.93. The van der Waals surface area contributed by atoms with E-state index >= 15 is 0 Å². The number of likely N-dealkylation sites (N-methyl/N-ethyl adjacent to an activating group) is 1. The summed E-state index contributed by atoms with van der Waals surface area (Å²) in [5, 5.41) is 14.1. The maximum Gasteiger partial charge on any atom is 0.407 e. The lowest BCUT2D eigenvalue weighted by Gasteiger charge is -2.23. The van der Waals surface area contributed by atoms with Gasteiger partial charge in [0.2, 0.25) is 5.91 Å². The van der Waals surface area contributed by atoms with E-state index in [0.717, 1.165) is 22.3 Å². The van der Waals surface area contributed by atoms with Crippen molar-refractivity contribution in [3.63, 3.8) is 0 Å². The minimum atomic E-state index is -1.19. The molecule has 0 fully saturated rings. The highest BCUT2D eigenvalue weighted by molar-refractivity contribution is 5.86. The van der Waals surface area contributed by atoms with Crippen LogP contribution in [0.4, 0.5) is 4.79 Å². The molecule has 1 aliphatic rings. The summed E-state index contributed by atoms with van der Waals surface area (Å²) in [4.78, 5) is 38.0. The zero-order chi connectivity index (χ0) is 24.0. The van der Waals surface area contributed by atoms with Crippen LogP contribution in [0.15, 0.2) is 48.5 Å². The molecule has 0 spiro atoms. The number of carbonyl (C=O) groups is 3. The smallest absolute Gasteiger partial charge is 0.407 e. The Labute approximate surface area is 192 Å². The van der Waals surface area contributed by atoms with Crippen LogP contribution in [0.5, 0.6) is 0 Å². The van der Waals surface area contributed by atoms with Crippen LogP contribution in [0.25, 0.3) is 11.1 Å². The van der Waals surface area contributed by atoms with Gasteiger partial charge in [0.05, 0.1) is 6.54 Å². The number of carboxylic acids is 1. The van der Waals surface area contributed by atoms with Gasteiger partial charge < -0.3 is 30.1 Å². The molecule has 0 heterocycles. The molecule has 3 N–H and O–H groups in total. The summed E-state index contributed by atoms with van der Waals surface area (Å²) in [6.45, 7) is 0.114. The molecular weight excluding hydrogens is 426 g/mol. The molecule has 0 saturated heterocycles. The van der Waals surface area contributed by atoms with Gasteiger partial charge in [0.1, 0.15) is 12.6 Å². The van der Waals surface area contributed by atoms with Crippen LogP contribution in [0.3, 0.4) is 0 Å². The van der Waals surface area contributed by atoms with Crippen molar-refractivity contribution in [1.29, 1.82) is 0 Å². The number of aliphatic carboxylic acids is 1. The van der Waals surface area contributed by atoms with Crippen LogP contribution in [0.1, 0.15) is 17.0 Å². The molecule has 1 aliphatic carbocycles. The Morgan fingerprint density at radius 2 is 1.61 bits per heavy atom. The summed E-state index contributed by atoms with van der Waals surface area (Å²) in [5.74, 6) is -1.81. The molecule has 1 unspecified atom stereocenters. The molecule has 2 amide bonds. The van der Waals surface area contributed by atoms with Gasteiger partial charge in [-0.15, -0.1) is 0 Å². The number of amides is 2. The van der Waals surface area contributed by atoms with E-state index in [2.05, 4.69) is 22.8 Å². The van der Waals surface area contributed by atoms with Gasteiger partial charge in [0.25, 0.3) is 0 Å². The molecule has 176 valence electrons. The molecule has 9 nitrogen and oxygen atoms in total. The number of alkyl carbamates (subject to hydrolysis) is 1. The predicted octanol–water partition coefficient (Wildman–Crippen LogP) is 1.67. The lowest BCUT2D eigenvalue weighted by atomic mass is 9.98. The number of nitrogens with one attached hydrogen (secondary N) is 2. The van der Waals surface area contributed by atoms with E-state index in [4.69, 9.17) is 14.6 Å². The second-order valence-electron chi connectivity index (χ2n) is 8.09. The van der Waals surface area contributed by atoms with Crippen LogP contribution >= 0.6 is 0 Å². The summed E-state index contributed by atoms with van der Waals surface area (Å²) < 4.78 is 10.3. The lowest BCUT2D eigenvalue weighted by molar-refractivity contribution is -0.148. The summed E-state index contributed by atoms with van der Waals surface area (Å²) >= 11 is 0. The number of nitrogens with zero attached hydrogens (tertiary/aromatic N) is 1. The molecule has 0 aromatic heterocycles. The van der Waals surface area contributed by atoms with E-state index in [9.17, 15) is 14.4 Å². The molecule has 0 radical (unpaired) electrons. The standard InChI is InChI=1S/C24H29N3O6/c1-27(2)13-20(22(28)25-12-21(32-3)23(29)30)26-24(31)33-14-19-17-10-6-4-8-15(17)16-9-5-7-11-18(16)19/h4-11,19-21H,12-14H2,1-3H3,(H,25,28)(H,26,31)(H,29,30)/t20-,21?/m0/s1. The molecule has 0 saturated carbocycles. The topological polar surface area (TPSA) is 117 Å². The monoisotopic (exact) mass is 455 g/mol. The Kier molecular flexibility index (Phi) is 8.02. The van der Waals surface area contributed by atoms with Gasteiger partial charge in [0, 0.05) is 19.6 Å². The number of carbonyl (C=O) groups excluding carboxylic acids is 2. The number of fused-ring (bicyclic) bond motifs is 3. The number of carboxylic acid groups (broad SMARTS) is 1. The third kappa shape index (κ3) is 5.88. The van der Waals surface area contributed by atoms with E-state index < -0.39 is 30.1 Å². The number of benzene rings is 2. The Bertz CT molecular complexity index is 964. The molecule has 3 rings (SSSR count). The third-order valence-electron chi connectivity index (χ3n) is 5.52. The quantitative estimate of drug-likeness (QED) is 0.499. The molecule has 2 aromatic carbocycles. The molecule has 2 aromatic rings. The van der Waals surface area contributed by atoms with Crippen molar-refractivity contribution in [3.8, 4) is 11.1 Å². The highest BCUT2D eigenvalue weighted by atomic mass is 16.5.